The zero-order valence-electron chi connectivity index (χ0n) is 10.9. The molecule has 4 unspecified atom stereocenters. The molecule has 2 aliphatic rings. The molecule has 3 rings (SSSR count). The van der Waals surface area contributed by atoms with Crippen LogP contribution in [0.15, 0.2) is 18.6 Å². The molecule has 1 aromatic rings. The number of rotatable bonds is 5. The zero-order chi connectivity index (χ0) is 12.4. The van der Waals surface area contributed by atoms with Gasteiger partial charge in [0.1, 0.15) is 0 Å². The molecular weight excluding hydrogens is 226 g/mol. The minimum Gasteiger partial charge on any atom is -0.375 e. The van der Waals surface area contributed by atoms with Crippen LogP contribution in [0, 0.1) is 5.92 Å². The molecule has 98 valence electrons. The summed E-state index contributed by atoms with van der Waals surface area (Å²) in [5, 5.41) is 3.63. The largest absolute Gasteiger partial charge is 0.375 e. The van der Waals surface area contributed by atoms with E-state index in [4.69, 9.17) is 4.74 Å². The van der Waals surface area contributed by atoms with Gasteiger partial charge in [0.05, 0.1) is 23.9 Å². The highest BCUT2D eigenvalue weighted by atomic mass is 16.5. The maximum atomic E-state index is 5.98. The first-order valence-electron chi connectivity index (χ1n) is 7.03. The average Bonchev–Trinajstić information content (AvgIpc) is 3.03. The van der Waals surface area contributed by atoms with Crippen LogP contribution >= 0.6 is 0 Å². The molecule has 3 heterocycles. The number of nitrogens with zero attached hydrogens (tertiary/aromatic N) is 2. The maximum absolute atomic E-state index is 5.98. The number of hydrogen-bond donors (Lipinski definition) is 1. The van der Waals surface area contributed by atoms with Crippen LogP contribution in [0.3, 0.4) is 0 Å². The van der Waals surface area contributed by atoms with Crippen molar-refractivity contribution in [1.29, 1.82) is 0 Å². The molecule has 18 heavy (non-hydrogen) atoms. The summed E-state index contributed by atoms with van der Waals surface area (Å²) in [5.74, 6) is 0.562. The molecule has 2 fully saturated rings. The molecule has 0 aliphatic carbocycles. The number of aromatic nitrogens is 2. The summed E-state index contributed by atoms with van der Waals surface area (Å²) in [5.41, 5.74) is 1.06. The Bertz CT molecular complexity index is 384. The van der Waals surface area contributed by atoms with E-state index < -0.39 is 0 Å². The lowest BCUT2D eigenvalue weighted by molar-refractivity contribution is 0.0853. The molecule has 1 aromatic heterocycles. The molecule has 4 nitrogen and oxygen atoms in total. The Labute approximate surface area is 108 Å². The Balaban J connectivity index is 1.77. The zero-order valence-corrected chi connectivity index (χ0v) is 10.9. The Hall–Kier alpha value is -1.00. The standard InChI is InChI=1S/C14H21N3O/c1-2-5-17-14(12-9-15-6-7-16-12)11-8-10-3-4-13(11)18-10/h6-7,9-11,13-14,17H,2-5,8H2,1H3. The van der Waals surface area contributed by atoms with E-state index in [2.05, 4.69) is 22.2 Å². The van der Waals surface area contributed by atoms with Crippen LogP contribution in [0.2, 0.25) is 0 Å². The first-order valence-corrected chi connectivity index (χ1v) is 7.03. The third-order valence-corrected chi connectivity index (χ3v) is 4.10. The van der Waals surface area contributed by atoms with Crippen LogP contribution < -0.4 is 5.32 Å². The van der Waals surface area contributed by atoms with Crippen LogP contribution in [0.25, 0.3) is 0 Å². The molecule has 0 amide bonds. The number of nitrogens with one attached hydrogen (secondary N) is 1. The molecule has 0 saturated carbocycles. The normalized spacial score (nSPS) is 31.7. The predicted molar refractivity (Wildman–Crippen MR) is 69.1 cm³/mol. The highest BCUT2D eigenvalue weighted by molar-refractivity contribution is 5.08. The van der Waals surface area contributed by atoms with Crippen LogP contribution in [0.1, 0.15) is 44.3 Å². The van der Waals surface area contributed by atoms with Crippen molar-refractivity contribution in [3.63, 3.8) is 0 Å². The van der Waals surface area contributed by atoms with E-state index in [0.29, 0.717) is 24.2 Å². The van der Waals surface area contributed by atoms with Gasteiger partial charge in [0.2, 0.25) is 0 Å². The lowest BCUT2D eigenvalue weighted by Gasteiger charge is -2.28. The van der Waals surface area contributed by atoms with Crippen molar-refractivity contribution in [3.05, 3.63) is 24.3 Å². The molecule has 4 heteroatoms. The van der Waals surface area contributed by atoms with Crippen molar-refractivity contribution in [2.24, 2.45) is 5.92 Å². The van der Waals surface area contributed by atoms with E-state index >= 15 is 0 Å². The van der Waals surface area contributed by atoms with Crippen LogP contribution in [0.4, 0.5) is 0 Å². The van der Waals surface area contributed by atoms with Crippen molar-refractivity contribution in [2.75, 3.05) is 6.54 Å². The lowest BCUT2D eigenvalue weighted by atomic mass is 9.82. The van der Waals surface area contributed by atoms with Gasteiger partial charge in [0, 0.05) is 24.5 Å². The highest BCUT2D eigenvalue weighted by Crippen LogP contribution is 2.44. The van der Waals surface area contributed by atoms with Crippen molar-refractivity contribution in [3.8, 4) is 0 Å². The van der Waals surface area contributed by atoms with Gasteiger partial charge in [-0.1, -0.05) is 6.92 Å². The Morgan fingerprint density at radius 1 is 1.44 bits per heavy atom. The van der Waals surface area contributed by atoms with Gasteiger partial charge in [0.15, 0.2) is 0 Å². The van der Waals surface area contributed by atoms with E-state index in [1.54, 1.807) is 12.4 Å². The molecule has 1 N–H and O–H groups in total. The Morgan fingerprint density at radius 2 is 2.39 bits per heavy atom. The highest BCUT2D eigenvalue weighted by Gasteiger charge is 2.44. The summed E-state index contributed by atoms with van der Waals surface area (Å²) in [6, 6.07) is 0.300. The topological polar surface area (TPSA) is 47.0 Å². The summed E-state index contributed by atoms with van der Waals surface area (Å²) in [7, 11) is 0. The second-order valence-corrected chi connectivity index (χ2v) is 5.34. The quantitative estimate of drug-likeness (QED) is 0.865. The fourth-order valence-electron chi connectivity index (χ4n) is 3.27. The Morgan fingerprint density at radius 3 is 3.00 bits per heavy atom. The van der Waals surface area contributed by atoms with E-state index in [1.165, 1.54) is 19.3 Å². The van der Waals surface area contributed by atoms with Gasteiger partial charge in [-0.3, -0.25) is 9.97 Å². The molecule has 2 bridgehead atoms. The first-order chi connectivity index (χ1) is 8.88. The Kier molecular flexibility index (Phi) is 3.57. The third-order valence-electron chi connectivity index (χ3n) is 4.10. The smallest absolute Gasteiger partial charge is 0.0759 e. The van der Waals surface area contributed by atoms with E-state index in [-0.39, 0.29) is 0 Å². The minimum absolute atomic E-state index is 0.300. The number of hydrogen-bond acceptors (Lipinski definition) is 4. The average molecular weight is 247 g/mol. The summed E-state index contributed by atoms with van der Waals surface area (Å²) in [6.45, 7) is 3.22. The summed E-state index contributed by atoms with van der Waals surface area (Å²) in [4.78, 5) is 8.68. The van der Waals surface area contributed by atoms with Gasteiger partial charge in [0.25, 0.3) is 0 Å². The van der Waals surface area contributed by atoms with Gasteiger partial charge in [-0.05, 0) is 32.2 Å². The second-order valence-electron chi connectivity index (χ2n) is 5.34. The van der Waals surface area contributed by atoms with Crippen molar-refractivity contribution in [1.82, 2.24) is 15.3 Å². The lowest BCUT2D eigenvalue weighted by Crippen LogP contribution is -2.34. The van der Waals surface area contributed by atoms with Gasteiger partial charge >= 0.3 is 0 Å². The molecule has 4 atom stereocenters. The van der Waals surface area contributed by atoms with Crippen LogP contribution in [-0.2, 0) is 4.74 Å². The summed E-state index contributed by atoms with van der Waals surface area (Å²) < 4.78 is 5.98. The van der Waals surface area contributed by atoms with Gasteiger partial charge < -0.3 is 10.1 Å². The number of fused-ring (bicyclic) bond motifs is 2. The van der Waals surface area contributed by atoms with Gasteiger partial charge in [-0.2, -0.15) is 0 Å². The van der Waals surface area contributed by atoms with Gasteiger partial charge in [-0.15, -0.1) is 0 Å². The van der Waals surface area contributed by atoms with E-state index in [0.717, 1.165) is 18.7 Å². The van der Waals surface area contributed by atoms with Gasteiger partial charge in [-0.25, -0.2) is 0 Å². The number of ether oxygens (including phenoxy) is 1. The molecule has 2 saturated heterocycles. The third kappa shape index (κ3) is 2.27. The fourth-order valence-corrected chi connectivity index (χ4v) is 3.27. The summed E-state index contributed by atoms with van der Waals surface area (Å²) in [6.07, 6.45) is 11.1. The molecular formula is C14H21N3O. The molecule has 2 aliphatic heterocycles. The molecule has 0 spiro atoms. The summed E-state index contributed by atoms with van der Waals surface area (Å²) >= 11 is 0. The van der Waals surface area contributed by atoms with Crippen molar-refractivity contribution in [2.45, 2.75) is 50.9 Å². The monoisotopic (exact) mass is 247 g/mol. The second kappa shape index (κ2) is 5.33. The molecule has 0 radical (unpaired) electrons. The van der Waals surface area contributed by atoms with Crippen molar-refractivity contribution >= 4 is 0 Å². The van der Waals surface area contributed by atoms with Crippen LogP contribution in [-0.4, -0.2) is 28.7 Å². The predicted octanol–water partition coefficient (Wildman–Crippen LogP) is 2.08. The van der Waals surface area contributed by atoms with Crippen molar-refractivity contribution < 1.29 is 4.74 Å². The van der Waals surface area contributed by atoms with Crippen LogP contribution in [0.5, 0.6) is 0 Å². The fraction of sp³-hybridized carbons (Fsp3) is 0.714. The van der Waals surface area contributed by atoms with E-state index in [1.807, 2.05) is 6.20 Å². The maximum Gasteiger partial charge on any atom is 0.0759 e. The first kappa shape index (κ1) is 12.1. The van der Waals surface area contributed by atoms with E-state index in [9.17, 15) is 0 Å². The minimum atomic E-state index is 0.300. The molecule has 0 aromatic carbocycles. The SMILES string of the molecule is CCCNC(c1cnccn1)C1CC2CCC1O2.